The summed E-state index contributed by atoms with van der Waals surface area (Å²) in [6.07, 6.45) is 9.10. The highest BCUT2D eigenvalue weighted by molar-refractivity contribution is 5.88. The van der Waals surface area contributed by atoms with Crippen LogP contribution in [0, 0.1) is 0 Å². The first-order valence-electron chi connectivity index (χ1n) is 10.9. The number of aryl methyl sites for hydroxylation is 4. The highest BCUT2D eigenvalue weighted by Gasteiger charge is 2.20. The first-order chi connectivity index (χ1) is 14.1. The topological polar surface area (TPSA) is 72.0 Å². The van der Waals surface area contributed by atoms with Gasteiger partial charge in [0.1, 0.15) is 12.1 Å². The van der Waals surface area contributed by atoms with Gasteiger partial charge in [-0.25, -0.2) is 9.97 Å². The van der Waals surface area contributed by atoms with Crippen molar-refractivity contribution in [3.05, 3.63) is 40.2 Å². The van der Waals surface area contributed by atoms with Gasteiger partial charge in [-0.2, -0.15) is 0 Å². The van der Waals surface area contributed by atoms with Gasteiger partial charge in [0.15, 0.2) is 6.29 Å². The molecule has 154 valence electrons. The third-order valence-corrected chi connectivity index (χ3v) is 5.82. The van der Waals surface area contributed by atoms with Crippen molar-refractivity contribution < 1.29 is 9.59 Å². The maximum atomic E-state index is 11.9. The van der Waals surface area contributed by atoms with E-state index in [1.165, 1.54) is 24.0 Å². The molecule has 5 heteroatoms. The second-order valence-corrected chi connectivity index (χ2v) is 7.71. The Morgan fingerprint density at radius 2 is 1.69 bits per heavy atom. The summed E-state index contributed by atoms with van der Waals surface area (Å²) in [5, 5.41) is 3.41. The van der Waals surface area contributed by atoms with Gasteiger partial charge in [0.05, 0.1) is 17.1 Å². The van der Waals surface area contributed by atoms with Crippen LogP contribution in [0.3, 0.4) is 0 Å². The van der Waals surface area contributed by atoms with Crippen molar-refractivity contribution in [2.24, 2.45) is 0 Å². The number of benzene rings is 1. The third kappa shape index (κ3) is 4.55. The average Bonchev–Trinajstić information content (AvgIpc) is 2.77. The fourth-order valence-electron chi connectivity index (χ4n) is 4.07. The minimum Gasteiger partial charge on any atom is -0.365 e. The van der Waals surface area contributed by atoms with Crippen LogP contribution in [-0.2, 0) is 30.5 Å². The van der Waals surface area contributed by atoms with E-state index in [4.69, 9.17) is 9.97 Å². The SMILES string of the molecule is CCc1nc(-c2cc3c(cc2C=O)CCCC3)c(CC)nc1NC(CC)CC=O. The molecule has 1 aromatic heterocycles. The molecule has 1 aliphatic rings. The van der Waals surface area contributed by atoms with Gasteiger partial charge in [0, 0.05) is 23.6 Å². The van der Waals surface area contributed by atoms with Crippen molar-refractivity contribution in [2.45, 2.75) is 78.2 Å². The minimum absolute atomic E-state index is 0.0527. The summed E-state index contributed by atoms with van der Waals surface area (Å²) >= 11 is 0. The van der Waals surface area contributed by atoms with Crippen molar-refractivity contribution in [1.82, 2.24) is 9.97 Å². The molecule has 1 heterocycles. The summed E-state index contributed by atoms with van der Waals surface area (Å²) in [5.74, 6) is 0.757. The number of hydrogen-bond donors (Lipinski definition) is 1. The lowest BCUT2D eigenvalue weighted by Crippen LogP contribution is -2.22. The summed E-state index contributed by atoms with van der Waals surface area (Å²) in [7, 11) is 0. The monoisotopic (exact) mass is 393 g/mol. The number of carbonyl (C=O) groups excluding carboxylic acids is 2. The number of anilines is 1. The smallest absolute Gasteiger partial charge is 0.150 e. The van der Waals surface area contributed by atoms with E-state index < -0.39 is 0 Å². The molecule has 0 bridgehead atoms. The molecule has 5 nitrogen and oxygen atoms in total. The predicted molar refractivity (Wildman–Crippen MR) is 117 cm³/mol. The summed E-state index contributed by atoms with van der Waals surface area (Å²) in [5.41, 5.74) is 6.78. The Kier molecular flexibility index (Phi) is 7.13. The molecule has 1 atom stereocenters. The van der Waals surface area contributed by atoms with Crippen molar-refractivity contribution in [2.75, 3.05) is 5.32 Å². The molecular weight excluding hydrogens is 362 g/mol. The van der Waals surface area contributed by atoms with Crippen LogP contribution in [0.1, 0.15) is 79.3 Å². The zero-order valence-electron chi connectivity index (χ0n) is 17.8. The van der Waals surface area contributed by atoms with Gasteiger partial charge in [0.25, 0.3) is 0 Å². The Hall–Kier alpha value is -2.56. The molecule has 29 heavy (non-hydrogen) atoms. The minimum atomic E-state index is 0.0527. The molecule has 2 aromatic rings. The molecular formula is C24H31N3O2. The number of nitrogens with zero attached hydrogens (tertiary/aromatic N) is 2. The summed E-state index contributed by atoms with van der Waals surface area (Å²) in [4.78, 5) is 32.7. The maximum absolute atomic E-state index is 11.9. The first-order valence-corrected chi connectivity index (χ1v) is 10.9. The molecule has 0 spiro atoms. The van der Waals surface area contributed by atoms with Gasteiger partial charge in [-0.1, -0.05) is 20.8 Å². The normalized spacial score (nSPS) is 14.2. The Balaban J connectivity index is 2.10. The Labute approximate surface area is 173 Å². The fraction of sp³-hybridized carbons (Fsp3) is 0.500. The number of nitrogens with one attached hydrogen (secondary N) is 1. The Bertz CT molecular complexity index is 892. The average molecular weight is 394 g/mol. The lowest BCUT2D eigenvalue weighted by molar-refractivity contribution is -0.108. The molecule has 0 fully saturated rings. The third-order valence-electron chi connectivity index (χ3n) is 5.82. The lowest BCUT2D eigenvalue weighted by Gasteiger charge is -2.21. The predicted octanol–water partition coefficient (Wildman–Crippen LogP) is 4.74. The van der Waals surface area contributed by atoms with Gasteiger partial charge in [-0.3, -0.25) is 4.79 Å². The van der Waals surface area contributed by atoms with Crippen molar-refractivity contribution in [1.29, 1.82) is 0 Å². The van der Waals surface area contributed by atoms with Crippen molar-refractivity contribution in [3.8, 4) is 11.3 Å². The fourth-order valence-corrected chi connectivity index (χ4v) is 4.07. The summed E-state index contributed by atoms with van der Waals surface area (Å²) in [6.45, 7) is 6.17. The molecule has 0 saturated carbocycles. The number of aldehydes is 2. The van der Waals surface area contributed by atoms with E-state index in [0.29, 0.717) is 12.0 Å². The molecule has 0 aliphatic heterocycles. The van der Waals surface area contributed by atoms with Crippen LogP contribution in [0.25, 0.3) is 11.3 Å². The van der Waals surface area contributed by atoms with Crippen LogP contribution in [0.4, 0.5) is 5.82 Å². The van der Waals surface area contributed by atoms with Crippen LogP contribution in [0.15, 0.2) is 12.1 Å². The van der Waals surface area contributed by atoms with E-state index in [9.17, 15) is 9.59 Å². The second-order valence-electron chi connectivity index (χ2n) is 7.71. The quantitative estimate of drug-likeness (QED) is 0.623. The lowest BCUT2D eigenvalue weighted by atomic mass is 9.87. The Morgan fingerprint density at radius 1 is 1.00 bits per heavy atom. The van der Waals surface area contributed by atoms with E-state index in [2.05, 4.69) is 32.2 Å². The van der Waals surface area contributed by atoms with E-state index in [-0.39, 0.29) is 6.04 Å². The largest absolute Gasteiger partial charge is 0.365 e. The van der Waals surface area contributed by atoms with Gasteiger partial charge in [-0.05, 0) is 68.2 Å². The molecule has 1 unspecified atom stereocenters. The molecule has 0 amide bonds. The zero-order valence-corrected chi connectivity index (χ0v) is 17.8. The second kappa shape index (κ2) is 9.77. The van der Waals surface area contributed by atoms with Crippen LogP contribution in [0.2, 0.25) is 0 Å². The van der Waals surface area contributed by atoms with Crippen LogP contribution < -0.4 is 5.32 Å². The van der Waals surface area contributed by atoms with Gasteiger partial charge < -0.3 is 10.1 Å². The molecule has 1 aliphatic carbocycles. The first kappa shape index (κ1) is 21.2. The number of rotatable bonds is 9. The number of carbonyl (C=O) groups is 2. The van der Waals surface area contributed by atoms with Crippen LogP contribution in [-0.4, -0.2) is 28.6 Å². The number of fused-ring (bicyclic) bond motifs is 1. The number of aromatic nitrogens is 2. The van der Waals surface area contributed by atoms with Gasteiger partial charge in [-0.15, -0.1) is 0 Å². The van der Waals surface area contributed by atoms with Crippen LogP contribution >= 0.6 is 0 Å². The molecule has 1 aromatic carbocycles. The number of hydrogen-bond acceptors (Lipinski definition) is 5. The van der Waals surface area contributed by atoms with Crippen molar-refractivity contribution >= 4 is 18.4 Å². The highest BCUT2D eigenvalue weighted by atomic mass is 16.1. The molecule has 3 rings (SSSR count). The maximum Gasteiger partial charge on any atom is 0.150 e. The van der Waals surface area contributed by atoms with Gasteiger partial charge >= 0.3 is 0 Å². The molecule has 0 radical (unpaired) electrons. The zero-order chi connectivity index (χ0) is 20.8. The van der Waals surface area contributed by atoms with Gasteiger partial charge in [0.2, 0.25) is 0 Å². The molecule has 0 saturated heterocycles. The van der Waals surface area contributed by atoms with Crippen molar-refractivity contribution in [3.63, 3.8) is 0 Å². The highest BCUT2D eigenvalue weighted by Crippen LogP contribution is 2.32. The standard InChI is InChI=1S/C24H31N3O2/c1-4-19(11-12-28)25-24-22(6-3)26-23(21(5-2)27-24)20-14-17-10-8-7-9-16(17)13-18(20)15-29/h12-15,19H,4-11H2,1-3H3,(H,25,27). The Morgan fingerprint density at radius 3 is 2.28 bits per heavy atom. The van der Waals surface area contributed by atoms with E-state index in [0.717, 1.165) is 73.1 Å². The van der Waals surface area contributed by atoms with E-state index >= 15 is 0 Å². The van der Waals surface area contributed by atoms with E-state index in [1.807, 2.05) is 6.07 Å². The van der Waals surface area contributed by atoms with E-state index in [1.54, 1.807) is 0 Å². The summed E-state index contributed by atoms with van der Waals surface area (Å²) < 4.78 is 0. The van der Waals surface area contributed by atoms with Crippen LogP contribution in [0.5, 0.6) is 0 Å². The molecule has 1 N–H and O–H groups in total. The summed E-state index contributed by atoms with van der Waals surface area (Å²) in [6, 6.07) is 4.26.